The molecule has 0 spiro atoms. The number of nitrogens with one attached hydrogen (secondary N) is 1. The monoisotopic (exact) mass is 593 g/mol. The molecule has 224 valence electrons. The van der Waals surface area contributed by atoms with Crippen molar-refractivity contribution in [1.82, 2.24) is 10.2 Å². The standard InChI is InChI=1S/C33H40FN3O4S/c1-23-17-19-29(20-18-23)42(40,41)37(31-16-10-11-24(2)25(31)3)22-32(38)36(21-27-12-8-9-15-30(27)34)26(4)33(39)35-28-13-6-5-7-14-28/h8-12,15-20,26,28H,5-7,13-14,21-22H2,1-4H3,(H,35,39)/t26-/m1/s1. The van der Waals surface area contributed by atoms with E-state index >= 15 is 0 Å². The minimum absolute atomic E-state index is 0.0208. The molecule has 1 N–H and O–H groups in total. The number of hydrogen-bond acceptors (Lipinski definition) is 4. The zero-order chi connectivity index (χ0) is 30.4. The van der Waals surface area contributed by atoms with Crippen molar-refractivity contribution in [3.8, 4) is 0 Å². The van der Waals surface area contributed by atoms with Crippen LogP contribution in [0.15, 0.2) is 71.6 Å². The van der Waals surface area contributed by atoms with Gasteiger partial charge in [0.25, 0.3) is 10.0 Å². The number of benzene rings is 3. The zero-order valence-corrected chi connectivity index (χ0v) is 25.6. The molecular weight excluding hydrogens is 553 g/mol. The number of anilines is 1. The third-order valence-electron chi connectivity index (χ3n) is 8.15. The number of rotatable bonds is 10. The second-order valence-corrected chi connectivity index (χ2v) is 13.0. The normalized spacial score (nSPS) is 14.7. The first-order chi connectivity index (χ1) is 20.0. The van der Waals surface area contributed by atoms with Crippen LogP contribution in [0.2, 0.25) is 0 Å². The van der Waals surface area contributed by atoms with Gasteiger partial charge in [-0.3, -0.25) is 13.9 Å². The van der Waals surface area contributed by atoms with Crippen molar-refractivity contribution in [1.29, 1.82) is 0 Å². The summed E-state index contributed by atoms with van der Waals surface area (Å²) < 4.78 is 44.0. The Labute approximate surface area is 248 Å². The molecule has 1 fully saturated rings. The first kappa shape index (κ1) is 31.2. The molecule has 1 saturated carbocycles. The van der Waals surface area contributed by atoms with E-state index in [0.29, 0.717) is 11.3 Å². The van der Waals surface area contributed by atoms with Crippen LogP contribution in [0.4, 0.5) is 10.1 Å². The van der Waals surface area contributed by atoms with Gasteiger partial charge < -0.3 is 10.2 Å². The Bertz CT molecular complexity index is 1520. The predicted molar refractivity (Wildman–Crippen MR) is 163 cm³/mol. The summed E-state index contributed by atoms with van der Waals surface area (Å²) in [5, 5.41) is 3.06. The van der Waals surface area contributed by atoms with E-state index in [2.05, 4.69) is 5.32 Å². The molecule has 2 amide bonds. The van der Waals surface area contributed by atoms with Gasteiger partial charge >= 0.3 is 0 Å². The summed E-state index contributed by atoms with van der Waals surface area (Å²) in [6.45, 7) is 6.41. The smallest absolute Gasteiger partial charge is 0.264 e. The quantitative estimate of drug-likeness (QED) is 0.321. The number of amides is 2. The van der Waals surface area contributed by atoms with E-state index in [-0.39, 0.29) is 29.0 Å². The highest BCUT2D eigenvalue weighted by Gasteiger charge is 2.34. The molecule has 0 heterocycles. The maximum absolute atomic E-state index is 14.8. The molecule has 0 bridgehead atoms. The summed E-state index contributed by atoms with van der Waals surface area (Å²) in [4.78, 5) is 28.9. The number of aryl methyl sites for hydroxylation is 2. The fourth-order valence-corrected chi connectivity index (χ4v) is 6.79. The summed E-state index contributed by atoms with van der Waals surface area (Å²) in [7, 11) is -4.18. The largest absolute Gasteiger partial charge is 0.352 e. The molecule has 0 aliphatic heterocycles. The number of carbonyl (C=O) groups is 2. The molecule has 3 aromatic carbocycles. The van der Waals surface area contributed by atoms with E-state index in [1.165, 1.54) is 23.1 Å². The van der Waals surface area contributed by atoms with Gasteiger partial charge in [0.05, 0.1) is 10.6 Å². The maximum atomic E-state index is 14.8. The van der Waals surface area contributed by atoms with Crippen molar-refractivity contribution < 1.29 is 22.4 Å². The Balaban J connectivity index is 1.72. The average molecular weight is 594 g/mol. The van der Waals surface area contributed by atoms with E-state index in [1.54, 1.807) is 49.4 Å². The zero-order valence-electron chi connectivity index (χ0n) is 24.8. The third-order valence-corrected chi connectivity index (χ3v) is 9.92. The Morgan fingerprint density at radius 1 is 0.929 bits per heavy atom. The van der Waals surface area contributed by atoms with Crippen LogP contribution in [0.1, 0.15) is 61.3 Å². The van der Waals surface area contributed by atoms with E-state index < -0.39 is 34.3 Å². The van der Waals surface area contributed by atoms with E-state index in [4.69, 9.17) is 0 Å². The van der Waals surface area contributed by atoms with Crippen molar-refractivity contribution in [2.45, 2.75) is 83.3 Å². The van der Waals surface area contributed by atoms with Gasteiger partial charge in [-0.15, -0.1) is 0 Å². The second-order valence-electron chi connectivity index (χ2n) is 11.2. The van der Waals surface area contributed by atoms with Crippen LogP contribution in [-0.4, -0.2) is 43.8 Å². The summed E-state index contributed by atoms with van der Waals surface area (Å²) in [5.41, 5.74) is 3.09. The molecule has 1 atom stereocenters. The second kappa shape index (κ2) is 13.5. The van der Waals surface area contributed by atoms with E-state index in [0.717, 1.165) is 47.5 Å². The molecule has 7 nitrogen and oxygen atoms in total. The molecule has 42 heavy (non-hydrogen) atoms. The first-order valence-electron chi connectivity index (χ1n) is 14.5. The summed E-state index contributed by atoms with van der Waals surface area (Å²) in [6, 6.07) is 16.9. The van der Waals surface area contributed by atoms with Crippen LogP contribution >= 0.6 is 0 Å². The molecule has 1 aliphatic rings. The highest BCUT2D eigenvalue weighted by molar-refractivity contribution is 7.92. The van der Waals surface area contributed by atoms with Gasteiger partial charge in [0.15, 0.2) is 0 Å². The lowest BCUT2D eigenvalue weighted by Gasteiger charge is -2.33. The SMILES string of the molecule is Cc1ccc(S(=O)(=O)N(CC(=O)N(Cc2ccccc2F)[C@H](C)C(=O)NC2CCCCC2)c2cccc(C)c2C)cc1. The minimum atomic E-state index is -4.18. The van der Waals surface area contributed by atoms with Gasteiger partial charge in [-0.05, 0) is 75.9 Å². The van der Waals surface area contributed by atoms with Crippen LogP contribution in [0, 0.1) is 26.6 Å². The molecule has 0 radical (unpaired) electrons. The topological polar surface area (TPSA) is 86.8 Å². The Morgan fingerprint density at radius 2 is 1.60 bits per heavy atom. The van der Waals surface area contributed by atoms with Gasteiger partial charge in [0, 0.05) is 18.2 Å². The number of sulfonamides is 1. The highest BCUT2D eigenvalue weighted by atomic mass is 32.2. The fourth-order valence-electron chi connectivity index (χ4n) is 5.32. The molecule has 0 aromatic heterocycles. The summed E-state index contributed by atoms with van der Waals surface area (Å²) >= 11 is 0. The van der Waals surface area contributed by atoms with Gasteiger partial charge in [0.1, 0.15) is 18.4 Å². The van der Waals surface area contributed by atoms with Crippen molar-refractivity contribution in [3.63, 3.8) is 0 Å². The van der Waals surface area contributed by atoms with Crippen LogP contribution in [0.25, 0.3) is 0 Å². The number of halogens is 1. The van der Waals surface area contributed by atoms with Crippen molar-refractivity contribution in [2.75, 3.05) is 10.8 Å². The Kier molecular flexibility index (Phi) is 10.0. The van der Waals surface area contributed by atoms with Crippen molar-refractivity contribution in [3.05, 3.63) is 94.8 Å². The lowest BCUT2D eigenvalue weighted by Crippen LogP contribution is -2.53. The maximum Gasteiger partial charge on any atom is 0.264 e. The lowest BCUT2D eigenvalue weighted by molar-refractivity contribution is -0.139. The molecule has 4 rings (SSSR count). The molecule has 0 saturated heterocycles. The van der Waals surface area contributed by atoms with Crippen LogP contribution in [0.5, 0.6) is 0 Å². The van der Waals surface area contributed by atoms with Crippen molar-refractivity contribution in [2.24, 2.45) is 0 Å². The number of nitrogens with zero attached hydrogens (tertiary/aromatic N) is 2. The Morgan fingerprint density at radius 3 is 2.26 bits per heavy atom. The third kappa shape index (κ3) is 7.18. The number of carbonyl (C=O) groups excluding carboxylic acids is 2. The van der Waals surface area contributed by atoms with Gasteiger partial charge in [-0.2, -0.15) is 0 Å². The Hall–Kier alpha value is -3.72. The first-order valence-corrected chi connectivity index (χ1v) is 15.9. The average Bonchev–Trinajstić information content (AvgIpc) is 2.97. The van der Waals surface area contributed by atoms with Crippen LogP contribution < -0.4 is 9.62 Å². The lowest BCUT2D eigenvalue weighted by atomic mass is 9.95. The molecule has 1 aliphatic carbocycles. The molecular formula is C33H40FN3O4S. The summed E-state index contributed by atoms with van der Waals surface area (Å²) in [5.74, 6) is -1.46. The van der Waals surface area contributed by atoms with Gasteiger partial charge in [0.2, 0.25) is 11.8 Å². The van der Waals surface area contributed by atoms with Crippen LogP contribution in [-0.2, 0) is 26.2 Å². The molecule has 3 aromatic rings. The highest BCUT2D eigenvalue weighted by Crippen LogP contribution is 2.29. The van der Waals surface area contributed by atoms with Crippen LogP contribution in [0.3, 0.4) is 0 Å². The van der Waals surface area contributed by atoms with Crippen molar-refractivity contribution >= 4 is 27.5 Å². The number of hydrogen-bond donors (Lipinski definition) is 1. The predicted octanol–water partition coefficient (Wildman–Crippen LogP) is 5.81. The van der Waals surface area contributed by atoms with Gasteiger partial charge in [-0.1, -0.05) is 67.3 Å². The molecule has 0 unspecified atom stereocenters. The fraction of sp³-hybridized carbons (Fsp3) is 0.394. The van der Waals surface area contributed by atoms with Gasteiger partial charge in [-0.25, -0.2) is 12.8 Å². The molecule has 9 heteroatoms. The van der Waals surface area contributed by atoms with E-state index in [1.807, 2.05) is 26.8 Å². The summed E-state index contributed by atoms with van der Waals surface area (Å²) in [6.07, 6.45) is 4.92. The van der Waals surface area contributed by atoms with E-state index in [9.17, 15) is 22.4 Å². The minimum Gasteiger partial charge on any atom is -0.352 e.